The van der Waals surface area contributed by atoms with Gasteiger partial charge in [-0.05, 0) is 50.1 Å². The summed E-state index contributed by atoms with van der Waals surface area (Å²) < 4.78 is 0. The molecule has 0 spiro atoms. The monoisotopic (exact) mass is 245 g/mol. The maximum Gasteiger partial charge on any atom is 0.0227 e. The molecule has 1 heterocycles. The van der Waals surface area contributed by atoms with E-state index in [-0.39, 0.29) is 0 Å². The quantitative estimate of drug-likeness (QED) is 0.845. The number of hydrogen-bond donors (Lipinski definition) is 1. The van der Waals surface area contributed by atoms with Crippen LogP contribution in [0.15, 0.2) is 24.3 Å². The van der Waals surface area contributed by atoms with Crippen molar-refractivity contribution in [2.75, 3.05) is 6.54 Å². The maximum absolute atomic E-state index is 3.79. The van der Waals surface area contributed by atoms with Gasteiger partial charge in [-0.15, -0.1) is 0 Å². The van der Waals surface area contributed by atoms with Gasteiger partial charge in [0.1, 0.15) is 0 Å². The summed E-state index contributed by atoms with van der Waals surface area (Å²) in [6, 6.07) is 9.05. The summed E-state index contributed by atoms with van der Waals surface area (Å²) in [6.07, 6.45) is 5.07. The second kappa shape index (κ2) is 5.05. The van der Waals surface area contributed by atoms with Gasteiger partial charge in [-0.2, -0.15) is 0 Å². The van der Waals surface area contributed by atoms with Crippen molar-refractivity contribution in [1.29, 1.82) is 0 Å². The Bertz CT molecular complexity index is 377. The molecule has 0 bridgehead atoms. The summed E-state index contributed by atoms with van der Waals surface area (Å²) in [7, 11) is 0. The van der Waals surface area contributed by atoms with E-state index >= 15 is 0 Å². The molecule has 1 aromatic rings. The molecule has 1 aliphatic heterocycles. The Morgan fingerprint density at radius 1 is 1.17 bits per heavy atom. The molecule has 0 amide bonds. The van der Waals surface area contributed by atoms with Crippen molar-refractivity contribution in [2.45, 2.75) is 58.9 Å². The van der Waals surface area contributed by atoms with Crippen LogP contribution in [0.1, 0.15) is 51.2 Å². The molecule has 1 unspecified atom stereocenters. The summed E-state index contributed by atoms with van der Waals surface area (Å²) in [5.41, 5.74) is 3.54. The zero-order valence-electron chi connectivity index (χ0n) is 12.3. The fourth-order valence-corrected chi connectivity index (χ4v) is 3.34. The molecule has 1 fully saturated rings. The lowest BCUT2D eigenvalue weighted by atomic mass is 9.76. The van der Waals surface area contributed by atoms with Crippen LogP contribution in [-0.2, 0) is 6.42 Å². The van der Waals surface area contributed by atoms with Gasteiger partial charge in [-0.3, -0.25) is 0 Å². The van der Waals surface area contributed by atoms with Crippen LogP contribution in [-0.4, -0.2) is 12.1 Å². The van der Waals surface area contributed by atoms with Gasteiger partial charge in [-0.25, -0.2) is 0 Å². The van der Waals surface area contributed by atoms with E-state index in [0.717, 1.165) is 0 Å². The average molecular weight is 245 g/mol. The lowest BCUT2D eigenvalue weighted by Crippen LogP contribution is -2.44. The van der Waals surface area contributed by atoms with Crippen LogP contribution >= 0.6 is 0 Å². The molecule has 0 radical (unpaired) electrons. The number of hydrogen-bond acceptors (Lipinski definition) is 1. The molecule has 0 saturated carbocycles. The van der Waals surface area contributed by atoms with E-state index in [0.29, 0.717) is 11.0 Å². The van der Waals surface area contributed by atoms with Gasteiger partial charge in [0.05, 0.1) is 0 Å². The molecule has 18 heavy (non-hydrogen) atoms. The Balaban J connectivity index is 2.13. The highest BCUT2D eigenvalue weighted by Gasteiger charge is 2.36. The summed E-state index contributed by atoms with van der Waals surface area (Å²) in [4.78, 5) is 0. The first-order chi connectivity index (χ1) is 8.39. The first-order valence-electron chi connectivity index (χ1n) is 7.19. The van der Waals surface area contributed by atoms with Gasteiger partial charge < -0.3 is 5.32 Å². The molecule has 100 valence electrons. The normalized spacial score (nSPS) is 24.4. The van der Waals surface area contributed by atoms with Gasteiger partial charge in [0.2, 0.25) is 0 Å². The molecule has 1 nitrogen and oxygen atoms in total. The molecule has 1 aliphatic rings. The smallest absolute Gasteiger partial charge is 0.0227 e. The fourth-order valence-electron chi connectivity index (χ4n) is 3.34. The van der Waals surface area contributed by atoms with Gasteiger partial charge in [0.25, 0.3) is 0 Å². The third-order valence-corrected chi connectivity index (χ3v) is 3.86. The average Bonchev–Trinajstić information content (AvgIpc) is 2.67. The highest BCUT2D eigenvalue weighted by molar-refractivity contribution is 5.23. The van der Waals surface area contributed by atoms with Crippen LogP contribution in [0, 0.1) is 12.3 Å². The largest absolute Gasteiger partial charge is 0.311 e. The van der Waals surface area contributed by atoms with Crippen LogP contribution in [0.4, 0.5) is 0 Å². The first-order valence-corrected chi connectivity index (χ1v) is 7.19. The molecule has 1 N–H and O–H groups in total. The topological polar surface area (TPSA) is 12.0 Å². The highest BCUT2D eigenvalue weighted by atomic mass is 15.0. The van der Waals surface area contributed by atoms with E-state index in [1.165, 1.54) is 43.4 Å². The summed E-state index contributed by atoms with van der Waals surface area (Å²) in [5.74, 6) is 0. The maximum atomic E-state index is 3.79. The Hall–Kier alpha value is -0.820. The Morgan fingerprint density at radius 3 is 2.33 bits per heavy atom. The lowest BCUT2D eigenvalue weighted by Gasteiger charge is -2.36. The van der Waals surface area contributed by atoms with E-state index in [1.807, 2.05) is 0 Å². The lowest BCUT2D eigenvalue weighted by molar-refractivity contribution is 0.229. The molecular formula is C17H27N. The van der Waals surface area contributed by atoms with Crippen LogP contribution in [0.3, 0.4) is 0 Å². The van der Waals surface area contributed by atoms with Crippen molar-refractivity contribution in [3.05, 3.63) is 35.4 Å². The molecule has 2 rings (SSSR count). The third-order valence-electron chi connectivity index (χ3n) is 3.86. The molecular weight excluding hydrogens is 218 g/mol. The van der Waals surface area contributed by atoms with Crippen molar-refractivity contribution >= 4 is 0 Å². The third kappa shape index (κ3) is 3.58. The zero-order chi connectivity index (χ0) is 13.2. The second-order valence-corrected chi connectivity index (χ2v) is 7.21. The Kier molecular flexibility index (Phi) is 3.82. The molecule has 1 aromatic carbocycles. The van der Waals surface area contributed by atoms with Crippen molar-refractivity contribution in [1.82, 2.24) is 5.32 Å². The van der Waals surface area contributed by atoms with E-state index in [2.05, 4.69) is 57.3 Å². The Labute approximate surface area is 112 Å². The fraction of sp³-hybridized carbons (Fsp3) is 0.647. The van der Waals surface area contributed by atoms with Crippen molar-refractivity contribution < 1.29 is 0 Å². The molecule has 1 saturated heterocycles. The summed E-state index contributed by atoms with van der Waals surface area (Å²) >= 11 is 0. The minimum absolute atomic E-state index is 0.327. The van der Waals surface area contributed by atoms with Gasteiger partial charge in [-0.1, -0.05) is 50.6 Å². The highest BCUT2D eigenvalue weighted by Crippen LogP contribution is 2.35. The molecule has 1 heteroatoms. The number of aryl methyl sites for hydroxylation is 1. The van der Waals surface area contributed by atoms with E-state index in [4.69, 9.17) is 0 Å². The summed E-state index contributed by atoms with van der Waals surface area (Å²) in [6.45, 7) is 10.4. The predicted octanol–water partition coefficient (Wildman–Crippen LogP) is 4.10. The van der Waals surface area contributed by atoms with Gasteiger partial charge in [0, 0.05) is 5.54 Å². The number of benzene rings is 1. The van der Waals surface area contributed by atoms with E-state index in [1.54, 1.807) is 0 Å². The first kappa shape index (κ1) is 13.6. The number of nitrogens with one attached hydrogen (secondary N) is 1. The van der Waals surface area contributed by atoms with E-state index in [9.17, 15) is 0 Å². The van der Waals surface area contributed by atoms with Crippen molar-refractivity contribution in [2.24, 2.45) is 5.41 Å². The summed E-state index contributed by atoms with van der Waals surface area (Å²) in [5, 5.41) is 3.79. The van der Waals surface area contributed by atoms with E-state index < -0.39 is 0 Å². The van der Waals surface area contributed by atoms with Crippen LogP contribution < -0.4 is 5.32 Å². The van der Waals surface area contributed by atoms with Crippen LogP contribution in [0.25, 0.3) is 0 Å². The van der Waals surface area contributed by atoms with Gasteiger partial charge >= 0.3 is 0 Å². The molecule has 0 aliphatic carbocycles. The van der Waals surface area contributed by atoms with Crippen molar-refractivity contribution in [3.63, 3.8) is 0 Å². The predicted molar refractivity (Wildman–Crippen MR) is 78.9 cm³/mol. The minimum Gasteiger partial charge on any atom is -0.311 e. The molecule has 0 aromatic heterocycles. The minimum atomic E-state index is 0.327. The van der Waals surface area contributed by atoms with Crippen LogP contribution in [0.2, 0.25) is 0 Å². The zero-order valence-corrected chi connectivity index (χ0v) is 12.3. The van der Waals surface area contributed by atoms with Crippen LogP contribution in [0.5, 0.6) is 0 Å². The Morgan fingerprint density at radius 2 is 1.83 bits per heavy atom. The standard InChI is InChI=1S/C17H27N/c1-14-6-8-15(9-7-14)12-17(10-5-11-18-17)13-16(2,3)4/h6-9,18H,5,10-13H2,1-4H3. The molecule has 1 atom stereocenters. The van der Waals surface area contributed by atoms with Gasteiger partial charge in [0.15, 0.2) is 0 Å². The SMILES string of the molecule is Cc1ccc(CC2(CC(C)(C)C)CCCN2)cc1. The number of rotatable bonds is 3. The second-order valence-electron chi connectivity index (χ2n) is 7.21. The van der Waals surface area contributed by atoms with Crippen molar-refractivity contribution in [3.8, 4) is 0 Å².